The van der Waals surface area contributed by atoms with E-state index < -0.39 is 32.9 Å². The van der Waals surface area contributed by atoms with Crippen LogP contribution in [0.1, 0.15) is 56.6 Å². The Hall–Kier alpha value is -1.01. The molecule has 1 aromatic rings. The SMILES string of the molecule is O=S(=O)(C1CCCCC1)N1[CH]CC[C@@H]1c1cc(F)ccc1F. The first-order chi connectivity index (χ1) is 10.5. The molecule has 22 heavy (non-hydrogen) atoms. The van der Waals surface area contributed by atoms with Crippen LogP contribution < -0.4 is 0 Å². The van der Waals surface area contributed by atoms with Gasteiger partial charge in [0, 0.05) is 12.1 Å². The Morgan fingerprint density at radius 2 is 1.77 bits per heavy atom. The van der Waals surface area contributed by atoms with Crippen molar-refractivity contribution >= 4 is 10.0 Å². The van der Waals surface area contributed by atoms with Gasteiger partial charge in [-0.3, -0.25) is 0 Å². The normalized spacial score (nSPS) is 24.7. The fraction of sp³-hybridized carbons (Fsp3) is 0.562. The molecule has 1 aliphatic carbocycles. The van der Waals surface area contributed by atoms with Gasteiger partial charge < -0.3 is 0 Å². The molecule has 0 N–H and O–H groups in total. The Morgan fingerprint density at radius 3 is 2.50 bits per heavy atom. The summed E-state index contributed by atoms with van der Waals surface area (Å²) in [5.74, 6) is -1.09. The van der Waals surface area contributed by atoms with E-state index in [1.807, 2.05) is 0 Å². The van der Waals surface area contributed by atoms with Crippen molar-refractivity contribution in [3.05, 3.63) is 41.9 Å². The minimum absolute atomic E-state index is 0.133. The molecular formula is C16H20F2NO2S. The lowest BCUT2D eigenvalue weighted by molar-refractivity contribution is 0.389. The number of benzene rings is 1. The predicted octanol–water partition coefficient (Wildman–Crippen LogP) is 3.93. The van der Waals surface area contributed by atoms with Gasteiger partial charge in [-0.25, -0.2) is 17.2 Å². The molecule has 2 fully saturated rings. The van der Waals surface area contributed by atoms with Crippen molar-refractivity contribution in [3.63, 3.8) is 0 Å². The van der Waals surface area contributed by atoms with Gasteiger partial charge in [0.1, 0.15) is 11.6 Å². The number of nitrogens with zero attached hydrogens (tertiary/aromatic N) is 1. The largest absolute Gasteiger partial charge is 0.217 e. The number of rotatable bonds is 3. The third-order valence-corrected chi connectivity index (χ3v) is 6.95. The Bertz CT molecular complexity index is 642. The van der Waals surface area contributed by atoms with E-state index in [1.54, 1.807) is 6.54 Å². The third kappa shape index (κ3) is 2.91. The molecule has 1 heterocycles. The van der Waals surface area contributed by atoms with E-state index in [2.05, 4.69) is 0 Å². The maximum atomic E-state index is 14.0. The number of sulfonamides is 1. The zero-order valence-electron chi connectivity index (χ0n) is 12.3. The highest BCUT2D eigenvalue weighted by Crippen LogP contribution is 2.40. The van der Waals surface area contributed by atoms with Crippen LogP contribution in [0.2, 0.25) is 0 Å². The van der Waals surface area contributed by atoms with Gasteiger partial charge in [-0.1, -0.05) is 19.3 Å². The quantitative estimate of drug-likeness (QED) is 0.843. The summed E-state index contributed by atoms with van der Waals surface area (Å²) in [5.41, 5.74) is 0.133. The van der Waals surface area contributed by atoms with Gasteiger partial charge in [0.2, 0.25) is 10.0 Å². The second-order valence-corrected chi connectivity index (χ2v) is 8.19. The fourth-order valence-electron chi connectivity index (χ4n) is 3.49. The zero-order chi connectivity index (χ0) is 15.7. The first-order valence-electron chi connectivity index (χ1n) is 7.81. The second kappa shape index (κ2) is 6.24. The average Bonchev–Trinajstić information content (AvgIpc) is 3.01. The summed E-state index contributed by atoms with van der Waals surface area (Å²) in [6.45, 7) is 1.62. The molecule has 121 valence electrons. The van der Waals surface area contributed by atoms with E-state index >= 15 is 0 Å². The summed E-state index contributed by atoms with van der Waals surface area (Å²) in [7, 11) is -3.50. The molecule has 0 aromatic heterocycles. The maximum Gasteiger partial charge on any atom is 0.217 e. The van der Waals surface area contributed by atoms with Gasteiger partial charge in [0.25, 0.3) is 0 Å². The van der Waals surface area contributed by atoms with E-state index in [0.717, 1.165) is 37.5 Å². The van der Waals surface area contributed by atoms with E-state index in [0.29, 0.717) is 25.7 Å². The molecule has 1 saturated carbocycles. The van der Waals surface area contributed by atoms with Crippen LogP contribution in [0.15, 0.2) is 18.2 Å². The van der Waals surface area contributed by atoms with Crippen molar-refractivity contribution in [3.8, 4) is 0 Å². The minimum Gasteiger partial charge on any atom is -0.212 e. The van der Waals surface area contributed by atoms with Gasteiger partial charge in [0.15, 0.2) is 0 Å². The molecule has 3 nitrogen and oxygen atoms in total. The highest BCUT2D eigenvalue weighted by molar-refractivity contribution is 7.89. The summed E-state index contributed by atoms with van der Waals surface area (Å²) < 4.78 is 54.4. The molecule has 3 rings (SSSR count). The Morgan fingerprint density at radius 1 is 1.05 bits per heavy atom. The lowest BCUT2D eigenvalue weighted by Gasteiger charge is -2.30. The molecule has 0 bridgehead atoms. The van der Waals surface area contributed by atoms with Crippen LogP contribution in [0.5, 0.6) is 0 Å². The molecule has 1 aromatic carbocycles. The van der Waals surface area contributed by atoms with E-state index in [4.69, 9.17) is 0 Å². The molecule has 0 amide bonds. The molecule has 1 radical (unpaired) electrons. The number of halogens is 2. The summed E-state index contributed by atoms with van der Waals surface area (Å²) in [5, 5.41) is -0.394. The first-order valence-corrected chi connectivity index (χ1v) is 9.31. The summed E-state index contributed by atoms with van der Waals surface area (Å²) in [6, 6.07) is 2.61. The zero-order valence-corrected chi connectivity index (χ0v) is 13.2. The molecule has 0 unspecified atom stereocenters. The maximum absolute atomic E-state index is 14.0. The van der Waals surface area contributed by atoms with Gasteiger partial charge in [-0.2, -0.15) is 4.31 Å². The molecule has 1 saturated heterocycles. The lowest BCUT2D eigenvalue weighted by Crippen LogP contribution is -2.38. The van der Waals surface area contributed by atoms with Crippen molar-refractivity contribution in [1.82, 2.24) is 4.31 Å². The van der Waals surface area contributed by atoms with Crippen LogP contribution in [0, 0.1) is 18.2 Å². The van der Waals surface area contributed by atoms with Crippen LogP contribution in [0.4, 0.5) is 8.78 Å². The number of hydrogen-bond donors (Lipinski definition) is 0. The third-order valence-electron chi connectivity index (χ3n) is 4.64. The van der Waals surface area contributed by atoms with Gasteiger partial charge in [-0.05, 0) is 43.9 Å². The van der Waals surface area contributed by atoms with Crippen molar-refractivity contribution in [2.45, 2.75) is 56.2 Å². The molecule has 6 heteroatoms. The van der Waals surface area contributed by atoms with Crippen molar-refractivity contribution in [2.75, 3.05) is 0 Å². The molecular weight excluding hydrogens is 308 g/mol. The smallest absolute Gasteiger partial charge is 0.212 e. The Balaban J connectivity index is 1.91. The van der Waals surface area contributed by atoms with Crippen molar-refractivity contribution < 1.29 is 17.2 Å². The predicted molar refractivity (Wildman–Crippen MR) is 80.3 cm³/mol. The number of hydrogen-bond acceptors (Lipinski definition) is 2. The van der Waals surface area contributed by atoms with E-state index in [-0.39, 0.29) is 5.56 Å². The van der Waals surface area contributed by atoms with Crippen LogP contribution in [0.25, 0.3) is 0 Å². The van der Waals surface area contributed by atoms with Crippen molar-refractivity contribution in [1.29, 1.82) is 0 Å². The summed E-state index contributed by atoms with van der Waals surface area (Å²) in [4.78, 5) is 0. The van der Waals surface area contributed by atoms with Crippen LogP contribution in [0.3, 0.4) is 0 Å². The van der Waals surface area contributed by atoms with E-state index in [1.165, 1.54) is 4.31 Å². The van der Waals surface area contributed by atoms with Crippen LogP contribution in [-0.2, 0) is 10.0 Å². The molecule has 1 atom stereocenters. The highest BCUT2D eigenvalue weighted by atomic mass is 32.2. The Labute approximate surface area is 130 Å². The van der Waals surface area contributed by atoms with Gasteiger partial charge in [-0.15, -0.1) is 0 Å². The van der Waals surface area contributed by atoms with Gasteiger partial charge in [0.05, 0.1) is 11.3 Å². The molecule has 1 aliphatic heterocycles. The van der Waals surface area contributed by atoms with Crippen LogP contribution >= 0.6 is 0 Å². The topological polar surface area (TPSA) is 37.4 Å². The van der Waals surface area contributed by atoms with Crippen molar-refractivity contribution in [2.24, 2.45) is 0 Å². The molecule has 2 aliphatic rings. The van der Waals surface area contributed by atoms with E-state index in [9.17, 15) is 17.2 Å². The average molecular weight is 328 g/mol. The summed E-state index contributed by atoms with van der Waals surface area (Å²) in [6.07, 6.45) is 5.26. The minimum atomic E-state index is -3.50. The van der Waals surface area contributed by atoms with Gasteiger partial charge >= 0.3 is 0 Å². The lowest BCUT2D eigenvalue weighted by atomic mass is 10.0. The highest BCUT2D eigenvalue weighted by Gasteiger charge is 2.41. The first kappa shape index (κ1) is 15.9. The second-order valence-electron chi connectivity index (χ2n) is 6.08. The van der Waals surface area contributed by atoms with Crippen LogP contribution in [-0.4, -0.2) is 18.0 Å². The monoisotopic (exact) mass is 328 g/mol. The standard InChI is InChI=1S/C16H20F2NO2S/c17-12-8-9-15(18)14(11-12)16-7-4-10-19(16)22(20,21)13-5-2-1-3-6-13/h8-11,13,16H,1-7H2/t16-/m1/s1. The molecule has 0 spiro atoms. The fourth-order valence-corrected chi connectivity index (χ4v) is 5.65. The summed E-state index contributed by atoms with van der Waals surface area (Å²) >= 11 is 0. The Kier molecular flexibility index (Phi) is 4.50.